The lowest BCUT2D eigenvalue weighted by Gasteiger charge is -2.24. The minimum atomic E-state index is -0.429. The number of nitrogens with two attached hydrogens (primary N) is 1. The van der Waals surface area contributed by atoms with E-state index in [1.165, 1.54) is 32.1 Å². The summed E-state index contributed by atoms with van der Waals surface area (Å²) in [4.78, 5) is 16.6. The number of hydrogen-bond donors (Lipinski definition) is 2. The highest BCUT2D eigenvalue weighted by Crippen LogP contribution is 2.28. The smallest absolute Gasteiger partial charge is 0.241 e. The van der Waals surface area contributed by atoms with E-state index in [9.17, 15) is 4.79 Å². The molecular formula is C18H23N3OS. The van der Waals surface area contributed by atoms with Gasteiger partial charge in [0.1, 0.15) is 5.01 Å². The Morgan fingerprint density at radius 3 is 2.91 bits per heavy atom. The molecule has 2 aromatic rings. The number of aromatic nitrogens is 1. The van der Waals surface area contributed by atoms with Gasteiger partial charge in [0.05, 0.1) is 6.04 Å². The topological polar surface area (TPSA) is 68.0 Å². The van der Waals surface area contributed by atoms with Crippen LogP contribution in [0.2, 0.25) is 0 Å². The van der Waals surface area contributed by atoms with E-state index in [0.29, 0.717) is 5.92 Å². The highest BCUT2D eigenvalue weighted by molar-refractivity contribution is 7.13. The summed E-state index contributed by atoms with van der Waals surface area (Å²) in [6.45, 7) is 0. The number of amides is 1. The van der Waals surface area contributed by atoms with E-state index >= 15 is 0 Å². The van der Waals surface area contributed by atoms with E-state index in [1.807, 2.05) is 29.6 Å². The summed E-state index contributed by atoms with van der Waals surface area (Å²) < 4.78 is 0. The van der Waals surface area contributed by atoms with E-state index in [1.54, 1.807) is 17.5 Å². The van der Waals surface area contributed by atoms with Gasteiger partial charge in [-0.15, -0.1) is 11.3 Å². The third-order valence-corrected chi connectivity index (χ3v) is 5.28. The van der Waals surface area contributed by atoms with Gasteiger partial charge in [-0.25, -0.2) is 4.98 Å². The van der Waals surface area contributed by atoms with Gasteiger partial charge < -0.3 is 11.1 Å². The molecule has 1 saturated carbocycles. The first kappa shape index (κ1) is 16.1. The van der Waals surface area contributed by atoms with Crippen LogP contribution < -0.4 is 11.1 Å². The average Bonchev–Trinajstić information content (AvgIpc) is 3.10. The zero-order valence-electron chi connectivity index (χ0n) is 13.2. The van der Waals surface area contributed by atoms with E-state index in [2.05, 4.69) is 10.3 Å². The normalized spacial score (nSPS) is 16.9. The molecule has 1 fully saturated rings. The lowest BCUT2D eigenvalue weighted by Crippen LogP contribution is -2.37. The van der Waals surface area contributed by atoms with Gasteiger partial charge in [-0.05, 0) is 24.5 Å². The van der Waals surface area contributed by atoms with E-state index in [0.717, 1.165) is 22.7 Å². The number of hydrogen-bond acceptors (Lipinski definition) is 4. The number of thiazole rings is 1. The maximum absolute atomic E-state index is 12.3. The van der Waals surface area contributed by atoms with Crippen LogP contribution in [0.15, 0.2) is 35.8 Å². The number of anilines is 1. The van der Waals surface area contributed by atoms with Gasteiger partial charge in [-0.3, -0.25) is 4.79 Å². The van der Waals surface area contributed by atoms with Gasteiger partial charge in [-0.1, -0.05) is 44.2 Å². The lowest BCUT2D eigenvalue weighted by molar-refractivity contribution is -0.117. The highest BCUT2D eigenvalue weighted by atomic mass is 32.1. The lowest BCUT2D eigenvalue weighted by atomic mass is 9.85. The fourth-order valence-electron chi connectivity index (χ4n) is 3.22. The average molecular weight is 329 g/mol. The third kappa shape index (κ3) is 4.39. The quantitative estimate of drug-likeness (QED) is 0.869. The second kappa shape index (κ2) is 7.70. The fraction of sp³-hybridized carbons (Fsp3) is 0.444. The SMILES string of the molecule is NC(CC1CCCCC1)C(=O)Nc1cccc(-c2nccs2)c1. The molecule has 23 heavy (non-hydrogen) atoms. The van der Waals surface area contributed by atoms with Crippen LogP contribution in [0.5, 0.6) is 0 Å². The number of nitrogens with zero attached hydrogens (tertiary/aromatic N) is 1. The predicted molar refractivity (Wildman–Crippen MR) is 95.3 cm³/mol. The number of carbonyl (C=O) groups excluding carboxylic acids is 1. The van der Waals surface area contributed by atoms with Crippen LogP contribution in [0.1, 0.15) is 38.5 Å². The molecule has 0 saturated heterocycles. The minimum Gasteiger partial charge on any atom is -0.325 e. The van der Waals surface area contributed by atoms with Crippen molar-refractivity contribution in [2.75, 3.05) is 5.32 Å². The second-order valence-electron chi connectivity index (χ2n) is 6.25. The monoisotopic (exact) mass is 329 g/mol. The Labute approximate surface area is 141 Å². The Balaban J connectivity index is 1.59. The molecule has 1 unspecified atom stereocenters. The second-order valence-corrected chi connectivity index (χ2v) is 7.15. The zero-order valence-corrected chi connectivity index (χ0v) is 14.0. The van der Waals surface area contributed by atoms with Crippen molar-refractivity contribution in [3.05, 3.63) is 35.8 Å². The third-order valence-electron chi connectivity index (χ3n) is 4.46. The molecule has 1 aromatic heterocycles. The Hall–Kier alpha value is -1.72. The molecular weight excluding hydrogens is 306 g/mol. The molecule has 1 amide bonds. The van der Waals surface area contributed by atoms with Crippen molar-refractivity contribution >= 4 is 22.9 Å². The van der Waals surface area contributed by atoms with Crippen molar-refractivity contribution in [2.24, 2.45) is 11.7 Å². The molecule has 0 radical (unpaired) electrons. The van der Waals surface area contributed by atoms with Gasteiger partial charge in [0.15, 0.2) is 0 Å². The summed E-state index contributed by atoms with van der Waals surface area (Å²) >= 11 is 1.58. The Morgan fingerprint density at radius 1 is 1.35 bits per heavy atom. The van der Waals surface area contributed by atoms with Gasteiger partial charge in [0.2, 0.25) is 5.91 Å². The molecule has 1 atom stereocenters. The van der Waals surface area contributed by atoms with E-state index in [-0.39, 0.29) is 5.91 Å². The standard InChI is InChI=1S/C18H23N3OS/c19-16(11-13-5-2-1-3-6-13)17(22)21-15-8-4-7-14(12-15)18-20-9-10-23-18/h4,7-10,12-13,16H,1-3,5-6,11,19H2,(H,21,22). The summed E-state index contributed by atoms with van der Waals surface area (Å²) in [5.74, 6) is 0.512. The molecule has 1 heterocycles. The number of carbonyl (C=O) groups is 1. The van der Waals surface area contributed by atoms with Crippen molar-refractivity contribution in [3.63, 3.8) is 0 Å². The fourth-order valence-corrected chi connectivity index (χ4v) is 3.86. The van der Waals surface area contributed by atoms with Crippen LogP contribution in [-0.2, 0) is 4.79 Å². The molecule has 122 valence electrons. The summed E-state index contributed by atoms with van der Waals surface area (Å²) in [6, 6.07) is 7.34. The molecule has 3 N–H and O–H groups in total. The molecule has 1 aliphatic rings. The molecule has 4 nitrogen and oxygen atoms in total. The minimum absolute atomic E-state index is 0.0909. The first-order chi connectivity index (χ1) is 11.2. The van der Waals surface area contributed by atoms with Crippen molar-refractivity contribution in [1.82, 2.24) is 4.98 Å². The van der Waals surface area contributed by atoms with Gasteiger partial charge >= 0.3 is 0 Å². The largest absolute Gasteiger partial charge is 0.325 e. The van der Waals surface area contributed by atoms with Crippen LogP contribution in [0.4, 0.5) is 5.69 Å². The molecule has 1 aromatic carbocycles. The van der Waals surface area contributed by atoms with Crippen LogP contribution in [0.3, 0.4) is 0 Å². The van der Waals surface area contributed by atoms with Crippen molar-refractivity contribution in [3.8, 4) is 10.6 Å². The van der Waals surface area contributed by atoms with E-state index < -0.39 is 6.04 Å². The Morgan fingerprint density at radius 2 is 2.17 bits per heavy atom. The molecule has 0 aliphatic heterocycles. The van der Waals surface area contributed by atoms with E-state index in [4.69, 9.17) is 5.73 Å². The zero-order chi connectivity index (χ0) is 16.1. The molecule has 5 heteroatoms. The Kier molecular flexibility index (Phi) is 5.41. The first-order valence-electron chi connectivity index (χ1n) is 8.29. The van der Waals surface area contributed by atoms with Gasteiger partial charge in [0, 0.05) is 22.8 Å². The number of benzene rings is 1. The van der Waals surface area contributed by atoms with Crippen LogP contribution in [0, 0.1) is 5.92 Å². The van der Waals surface area contributed by atoms with Crippen LogP contribution in [0.25, 0.3) is 10.6 Å². The molecule has 0 bridgehead atoms. The van der Waals surface area contributed by atoms with Crippen LogP contribution >= 0.6 is 11.3 Å². The summed E-state index contributed by atoms with van der Waals surface area (Å²) in [7, 11) is 0. The van der Waals surface area contributed by atoms with Crippen molar-refractivity contribution < 1.29 is 4.79 Å². The van der Waals surface area contributed by atoms with Crippen molar-refractivity contribution in [2.45, 2.75) is 44.6 Å². The summed E-state index contributed by atoms with van der Waals surface area (Å²) in [5.41, 5.74) is 7.90. The summed E-state index contributed by atoms with van der Waals surface area (Å²) in [5, 5.41) is 5.84. The van der Waals surface area contributed by atoms with Gasteiger partial charge in [-0.2, -0.15) is 0 Å². The summed E-state index contributed by atoms with van der Waals surface area (Å²) in [6.07, 6.45) is 8.86. The first-order valence-corrected chi connectivity index (χ1v) is 9.17. The number of nitrogens with one attached hydrogen (secondary N) is 1. The molecule has 1 aliphatic carbocycles. The molecule has 3 rings (SSSR count). The Bertz CT molecular complexity index is 635. The maximum atomic E-state index is 12.3. The maximum Gasteiger partial charge on any atom is 0.241 e. The van der Waals surface area contributed by atoms with Gasteiger partial charge in [0.25, 0.3) is 0 Å². The number of rotatable bonds is 5. The van der Waals surface area contributed by atoms with Crippen molar-refractivity contribution in [1.29, 1.82) is 0 Å². The van der Waals surface area contributed by atoms with Crippen LogP contribution in [-0.4, -0.2) is 16.9 Å². The predicted octanol–water partition coefficient (Wildman–Crippen LogP) is 4.05. The highest BCUT2D eigenvalue weighted by Gasteiger charge is 2.21. The molecule has 0 spiro atoms.